The molecule has 0 bridgehead atoms. The van der Waals surface area contributed by atoms with Gasteiger partial charge in [-0.3, -0.25) is 4.79 Å². The Balaban J connectivity index is 1.81. The molecule has 0 saturated carbocycles. The van der Waals surface area contributed by atoms with Gasteiger partial charge in [-0.2, -0.15) is 13.2 Å². The molecule has 1 aliphatic rings. The monoisotopic (exact) mass is 372 g/mol. The van der Waals surface area contributed by atoms with Crippen molar-refractivity contribution in [1.82, 2.24) is 19.7 Å². The molecule has 5 nitrogen and oxygen atoms in total. The maximum Gasteiger partial charge on any atom is 0.393 e. The number of carbonyl (C=O) groups excluding carboxylic acids is 1. The molecule has 1 atom stereocenters. The Labute approximate surface area is 147 Å². The van der Waals surface area contributed by atoms with E-state index < -0.39 is 18.0 Å². The van der Waals surface area contributed by atoms with Gasteiger partial charge in [0.15, 0.2) is 0 Å². The predicted octanol–water partition coefficient (Wildman–Crippen LogP) is 3.64. The topological polar surface area (TPSA) is 51.0 Å². The van der Waals surface area contributed by atoms with Gasteiger partial charge in [-0.1, -0.05) is 11.6 Å². The average molecular weight is 373 g/mol. The van der Waals surface area contributed by atoms with Gasteiger partial charge in [0.05, 0.1) is 11.6 Å². The summed E-state index contributed by atoms with van der Waals surface area (Å²) >= 11 is 5.85. The van der Waals surface area contributed by atoms with Crippen LogP contribution in [0.3, 0.4) is 0 Å². The van der Waals surface area contributed by atoms with Crippen molar-refractivity contribution in [2.45, 2.75) is 25.9 Å². The fourth-order valence-corrected chi connectivity index (χ4v) is 3.00. The first-order chi connectivity index (χ1) is 11.8. The second-order valence-electron chi connectivity index (χ2n) is 6.00. The zero-order chi connectivity index (χ0) is 18.2. The maximum absolute atomic E-state index is 12.9. The molecule has 0 unspecified atom stereocenters. The second-order valence-corrected chi connectivity index (χ2v) is 6.44. The molecule has 9 heteroatoms. The first-order valence-electron chi connectivity index (χ1n) is 7.81. The highest BCUT2D eigenvalue weighted by molar-refractivity contribution is 6.30. The molecular formula is C16H16ClF3N4O. The van der Waals surface area contributed by atoms with Crippen molar-refractivity contribution in [2.75, 3.05) is 13.1 Å². The van der Waals surface area contributed by atoms with Gasteiger partial charge in [0.2, 0.25) is 5.82 Å². The van der Waals surface area contributed by atoms with Crippen LogP contribution in [0, 0.1) is 12.8 Å². The molecular weight excluding hydrogens is 357 g/mol. The summed E-state index contributed by atoms with van der Waals surface area (Å²) in [6, 6.07) is 6.80. The lowest BCUT2D eigenvalue weighted by Crippen LogP contribution is -2.44. The van der Waals surface area contributed by atoms with E-state index in [0.717, 1.165) is 0 Å². The summed E-state index contributed by atoms with van der Waals surface area (Å²) in [7, 11) is 0. The van der Waals surface area contributed by atoms with Crippen molar-refractivity contribution < 1.29 is 18.0 Å². The fourth-order valence-electron chi connectivity index (χ4n) is 2.88. The van der Waals surface area contributed by atoms with Crippen molar-refractivity contribution >= 4 is 17.5 Å². The van der Waals surface area contributed by atoms with Gasteiger partial charge in [0, 0.05) is 18.1 Å². The summed E-state index contributed by atoms with van der Waals surface area (Å²) in [5.74, 6) is -1.71. The Morgan fingerprint density at radius 3 is 2.60 bits per heavy atom. The molecule has 1 saturated heterocycles. The van der Waals surface area contributed by atoms with Crippen LogP contribution in [0.1, 0.15) is 29.3 Å². The summed E-state index contributed by atoms with van der Waals surface area (Å²) in [5.41, 5.74) is 0.667. The van der Waals surface area contributed by atoms with Gasteiger partial charge in [0.1, 0.15) is 5.82 Å². The van der Waals surface area contributed by atoms with Crippen molar-refractivity contribution in [2.24, 2.45) is 5.92 Å². The lowest BCUT2D eigenvalue weighted by molar-refractivity contribution is -0.184. The number of hydrogen-bond acceptors (Lipinski definition) is 3. The molecule has 1 aliphatic heterocycles. The molecule has 25 heavy (non-hydrogen) atoms. The Morgan fingerprint density at radius 1 is 1.28 bits per heavy atom. The number of aromatic nitrogens is 3. The fraction of sp³-hybridized carbons (Fsp3) is 0.438. The molecule has 0 spiro atoms. The summed E-state index contributed by atoms with van der Waals surface area (Å²) in [6.07, 6.45) is -3.95. The molecule has 2 heterocycles. The lowest BCUT2D eigenvalue weighted by Gasteiger charge is -2.33. The molecule has 1 amide bonds. The number of piperidine rings is 1. The molecule has 0 aliphatic carbocycles. The zero-order valence-electron chi connectivity index (χ0n) is 13.4. The molecule has 0 radical (unpaired) electrons. The van der Waals surface area contributed by atoms with E-state index in [-0.39, 0.29) is 25.3 Å². The molecule has 3 rings (SSSR count). The van der Waals surface area contributed by atoms with Crippen molar-refractivity contribution in [3.63, 3.8) is 0 Å². The minimum Gasteiger partial charge on any atom is -0.335 e. The molecule has 134 valence electrons. The highest BCUT2D eigenvalue weighted by Crippen LogP contribution is 2.33. The number of nitrogens with zero attached hydrogens (tertiary/aromatic N) is 4. The average Bonchev–Trinajstić information content (AvgIpc) is 2.96. The van der Waals surface area contributed by atoms with E-state index in [0.29, 0.717) is 23.0 Å². The van der Waals surface area contributed by atoms with Gasteiger partial charge in [-0.05, 0) is 44.0 Å². The third kappa shape index (κ3) is 3.78. The molecule has 0 N–H and O–H groups in total. The first kappa shape index (κ1) is 17.7. The van der Waals surface area contributed by atoms with Gasteiger partial charge in [0.25, 0.3) is 5.91 Å². The molecule has 1 fully saturated rings. The minimum absolute atomic E-state index is 0.0406. The Kier molecular flexibility index (Phi) is 4.73. The van der Waals surface area contributed by atoms with E-state index in [1.54, 1.807) is 31.2 Å². The second kappa shape index (κ2) is 6.67. The van der Waals surface area contributed by atoms with Crippen LogP contribution >= 0.6 is 11.6 Å². The number of benzene rings is 1. The van der Waals surface area contributed by atoms with E-state index in [1.165, 1.54) is 9.58 Å². The van der Waals surface area contributed by atoms with Crippen LogP contribution in [0.15, 0.2) is 24.3 Å². The van der Waals surface area contributed by atoms with Gasteiger partial charge >= 0.3 is 6.18 Å². The molecule has 2 aromatic rings. The number of carbonyl (C=O) groups is 1. The van der Waals surface area contributed by atoms with E-state index in [1.807, 2.05) is 0 Å². The highest BCUT2D eigenvalue weighted by Gasteiger charge is 2.43. The number of alkyl halides is 3. The van der Waals surface area contributed by atoms with E-state index >= 15 is 0 Å². The van der Waals surface area contributed by atoms with E-state index in [2.05, 4.69) is 10.1 Å². The number of rotatable bonds is 2. The minimum atomic E-state index is -4.30. The molecule has 1 aromatic carbocycles. The highest BCUT2D eigenvalue weighted by atomic mass is 35.5. The summed E-state index contributed by atoms with van der Waals surface area (Å²) in [6.45, 7) is 1.60. The third-order valence-electron chi connectivity index (χ3n) is 4.20. The normalized spacial score (nSPS) is 18.4. The number of likely N-dealkylation sites (tertiary alicyclic amines) is 1. The lowest BCUT2D eigenvalue weighted by atomic mass is 9.97. The largest absolute Gasteiger partial charge is 0.393 e. The summed E-state index contributed by atoms with van der Waals surface area (Å²) < 4.78 is 40.2. The van der Waals surface area contributed by atoms with Crippen LogP contribution in [0.25, 0.3) is 5.69 Å². The van der Waals surface area contributed by atoms with Crippen LogP contribution < -0.4 is 0 Å². The van der Waals surface area contributed by atoms with Crippen LogP contribution in [-0.2, 0) is 0 Å². The van der Waals surface area contributed by atoms with Gasteiger partial charge in [-0.25, -0.2) is 9.67 Å². The Bertz CT molecular complexity index is 773. The number of amides is 1. The van der Waals surface area contributed by atoms with Crippen LogP contribution in [0.5, 0.6) is 0 Å². The maximum atomic E-state index is 12.9. The summed E-state index contributed by atoms with van der Waals surface area (Å²) in [5, 5.41) is 4.72. The van der Waals surface area contributed by atoms with Crippen molar-refractivity contribution in [1.29, 1.82) is 0 Å². The van der Waals surface area contributed by atoms with Crippen molar-refractivity contribution in [3.05, 3.63) is 40.9 Å². The van der Waals surface area contributed by atoms with E-state index in [4.69, 9.17) is 11.6 Å². The number of hydrogen-bond donors (Lipinski definition) is 0. The predicted molar refractivity (Wildman–Crippen MR) is 85.8 cm³/mol. The smallest absolute Gasteiger partial charge is 0.335 e. The third-order valence-corrected chi connectivity index (χ3v) is 4.45. The Hall–Kier alpha value is -2.09. The number of aryl methyl sites for hydroxylation is 1. The standard InChI is InChI=1S/C16H16ClF3N4O/c1-10-21-14(22-24(10)13-6-4-12(17)5-7-13)15(25)23-8-2-3-11(9-23)16(18,19)20/h4-7,11H,2-3,8-9H2,1H3/t11-/m0/s1. The zero-order valence-corrected chi connectivity index (χ0v) is 14.2. The van der Waals surface area contributed by atoms with Crippen LogP contribution in [0.4, 0.5) is 13.2 Å². The van der Waals surface area contributed by atoms with E-state index in [9.17, 15) is 18.0 Å². The van der Waals surface area contributed by atoms with Crippen molar-refractivity contribution in [3.8, 4) is 5.69 Å². The van der Waals surface area contributed by atoms with Crippen LogP contribution in [-0.4, -0.2) is 44.8 Å². The summed E-state index contributed by atoms with van der Waals surface area (Å²) in [4.78, 5) is 17.8. The first-order valence-corrected chi connectivity index (χ1v) is 8.19. The van der Waals surface area contributed by atoms with Crippen LogP contribution in [0.2, 0.25) is 5.02 Å². The Morgan fingerprint density at radius 2 is 1.96 bits per heavy atom. The molecule has 1 aromatic heterocycles. The van der Waals surface area contributed by atoms with Gasteiger partial charge < -0.3 is 4.90 Å². The number of halogens is 4. The quantitative estimate of drug-likeness (QED) is 0.808. The van der Waals surface area contributed by atoms with Gasteiger partial charge in [-0.15, -0.1) is 5.10 Å². The SMILES string of the molecule is Cc1nc(C(=O)N2CCC[C@H](C(F)(F)F)C2)nn1-c1ccc(Cl)cc1.